The van der Waals surface area contributed by atoms with E-state index in [0.717, 1.165) is 19.3 Å². The lowest BCUT2D eigenvalue weighted by Gasteiger charge is -2.59. The van der Waals surface area contributed by atoms with E-state index in [4.69, 9.17) is 0 Å². The highest BCUT2D eigenvalue weighted by Crippen LogP contribution is 2.67. The van der Waals surface area contributed by atoms with Gasteiger partial charge < -0.3 is 5.11 Å². The lowest BCUT2D eigenvalue weighted by molar-refractivity contribution is -0.121. The van der Waals surface area contributed by atoms with Crippen LogP contribution in [0, 0.1) is 40.4 Å². The first kappa shape index (κ1) is 20.5. The average Bonchev–Trinajstić information content (AvgIpc) is 3.48. The van der Waals surface area contributed by atoms with Crippen molar-refractivity contribution in [1.82, 2.24) is 0 Å². The molecule has 31 heavy (non-hydrogen) atoms. The normalized spacial score (nSPS) is 49.1. The zero-order chi connectivity index (χ0) is 21.4. The van der Waals surface area contributed by atoms with Crippen molar-refractivity contribution in [2.45, 2.75) is 97.0 Å². The summed E-state index contributed by atoms with van der Waals surface area (Å²) in [4.78, 5) is 13.3. The van der Waals surface area contributed by atoms with Crippen LogP contribution in [0.25, 0.3) is 0 Å². The molecule has 6 rings (SSSR count). The largest absolute Gasteiger partial charge is 0.389 e. The van der Waals surface area contributed by atoms with Gasteiger partial charge in [-0.3, -0.25) is 4.79 Å². The number of rotatable bonds is 2. The summed E-state index contributed by atoms with van der Waals surface area (Å²) < 4.78 is 0. The molecule has 2 nitrogen and oxygen atoms in total. The monoisotopic (exact) mass is 420 g/mol. The van der Waals surface area contributed by atoms with E-state index < -0.39 is 0 Å². The molecule has 6 aliphatic rings. The molecule has 168 valence electrons. The standard InChI is InChI=1S/C29H40O2/c1-28-13-11-20(18-7-3-4-8-18)15-21(28)16-24(30)26-22(28)12-14-29(2)23(26)17-25(31)27(29)19-9-5-6-10-19/h7,9,16,20,22-24,26-27,30H,3-6,8,10-15,17H2,1-2H3/t20-,22?,23?,24?,26?,27-,28-,29-/m0/s1. The third kappa shape index (κ3) is 2.89. The topological polar surface area (TPSA) is 37.3 Å². The van der Waals surface area contributed by atoms with Crippen LogP contribution in [0.2, 0.25) is 0 Å². The van der Waals surface area contributed by atoms with E-state index in [2.05, 4.69) is 32.1 Å². The summed E-state index contributed by atoms with van der Waals surface area (Å²) in [6.07, 6.45) is 21.0. The van der Waals surface area contributed by atoms with Gasteiger partial charge in [-0.2, -0.15) is 0 Å². The fraction of sp³-hybridized carbons (Fsp3) is 0.759. The number of carbonyl (C=O) groups is 1. The van der Waals surface area contributed by atoms with Crippen LogP contribution in [-0.2, 0) is 4.79 Å². The molecule has 0 heterocycles. The Balaban J connectivity index is 1.32. The Morgan fingerprint density at radius 3 is 2.39 bits per heavy atom. The molecule has 0 aromatic rings. The quantitative estimate of drug-likeness (QED) is 0.514. The summed E-state index contributed by atoms with van der Waals surface area (Å²) in [7, 11) is 0. The number of fused-ring (bicyclic) bond motifs is 5. The maximum atomic E-state index is 13.3. The van der Waals surface area contributed by atoms with E-state index in [-0.39, 0.29) is 28.8 Å². The molecule has 3 saturated carbocycles. The van der Waals surface area contributed by atoms with Crippen molar-refractivity contribution in [3.05, 3.63) is 34.9 Å². The highest BCUT2D eigenvalue weighted by atomic mass is 16.3. The highest BCUT2D eigenvalue weighted by molar-refractivity contribution is 5.87. The zero-order valence-electron chi connectivity index (χ0n) is 19.5. The van der Waals surface area contributed by atoms with Crippen LogP contribution in [0.3, 0.4) is 0 Å². The second kappa shape index (κ2) is 7.17. The van der Waals surface area contributed by atoms with Gasteiger partial charge in [-0.05, 0) is 105 Å². The Morgan fingerprint density at radius 1 is 0.935 bits per heavy atom. The van der Waals surface area contributed by atoms with Crippen LogP contribution in [-0.4, -0.2) is 17.0 Å². The number of hydrogen-bond donors (Lipinski definition) is 1. The Bertz CT molecular complexity index is 877. The van der Waals surface area contributed by atoms with E-state index in [9.17, 15) is 9.90 Å². The van der Waals surface area contributed by atoms with Gasteiger partial charge in [0.2, 0.25) is 0 Å². The number of aliphatic hydroxyl groups excluding tert-OH is 1. The van der Waals surface area contributed by atoms with E-state index in [1.807, 2.05) is 0 Å². The first-order valence-electron chi connectivity index (χ1n) is 13.2. The lowest BCUT2D eigenvalue weighted by atomic mass is 9.46. The molecule has 0 aliphatic heterocycles. The average molecular weight is 421 g/mol. The van der Waals surface area contributed by atoms with Crippen LogP contribution in [0.5, 0.6) is 0 Å². The molecular weight excluding hydrogens is 380 g/mol. The van der Waals surface area contributed by atoms with E-state index in [0.29, 0.717) is 30.0 Å². The number of allylic oxidation sites excluding steroid dienone is 5. The maximum Gasteiger partial charge on any atom is 0.140 e. The minimum Gasteiger partial charge on any atom is -0.389 e. The predicted octanol–water partition coefficient (Wildman–Crippen LogP) is 6.55. The third-order valence-electron chi connectivity index (χ3n) is 11.0. The van der Waals surface area contributed by atoms with Crippen molar-refractivity contribution >= 4 is 5.78 Å². The molecule has 0 bridgehead atoms. The number of aliphatic hydroxyl groups is 1. The minimum absolute atomic E-state index is 0.0585. The van der Waals surface area contributed by atoms with Crippen LogP contribution in [0.4, 0.5) is 0 Å². The number of hydrogen-bond acceptors (Lipinski definition) is 2. The zero-order valence-corrected chi connectivity index (χ0v) is 19.5. The second-order valence-electron chi connectivity index (χ2n) is 12.3. The molecule has 1 N–H and O–H groups in total. The smallest absolute Gasteiger partial charge is 0.140 e. The molecule has 0 radical (unpaired) electrons. The van der Waals surface area contributed by atoms with Gasteiger partial charge in [0.05, 0.1) is 6.10 Å². The summed E-state index contributed by atoms with van der Waals surface area (Å²) in [5, 5.41) is 11.5. The van der Waals surface area contributed by atoms with E-state index >= 15 is 0 Å². The Kier molecular flexibility index (Phi) is 4.73. The van der Waals surface area contributed by atoms with Gasteiger partial charge in [-0.15, -0.1) is 0 Å². The second-order valence-corrected chi connectivity index (χ2v) is 12.3. The molecule has 0 saturated heterocycles. The minimum atomic E-state index is -0.363. The van der Waals surface area contributed by atoms with Crippen LogP contribution >= 0.6 is 0 Å². The number of carbonyl (C=O) groups excluding carboxylic acids is 1. The van der Waals surface area contributed by atoms with Gasteiger partial charge >= 0.3 is 0 Å². The van der Waals surface area contributed by atoms with E-state index in [1.54, 1.807) is 11.1 Å². The molecule has 0 spiro atoms. The molecule has 6 aliphatic carbocycles. The first-order chi connectivity index (χ1) is 14.9. The predicted molar refractivity (Wildman–Crippen MR) is 124 cm³/mol. The summed E-state index contributed by atoms with van der Waals surface area (Å²) in [5.41, 5.74) is 4.97. The molecule has 0 aromatic carbocycles. The number of Topliss-reactive ketones (excluding diaryl/α,β-unsaturated/α-hetero) is 1. The summed E-state index contributed by atoms with van der Waals surface area (Å²) in [6, 6.07) is 0. The molecule has 8 atom stereocenters. The Labute approximate surface area is 188 Å². The van der Waals surface area contributed by atoms with Crippen LogP contribution in [0.1, 0.15) is 90.9 Å². The van der Waals surface area contributed by atoms with E-state index in [1.165, 1.54) is 56.9 Å². The van der Waals surface area contributed by atoms with Gasteiger partial charge in [0.15, 0.2) is 0 Å². The van der Waals surface area contributed by atoms with Crippen molar-refractivity contribution in [2.75, 3.05) is 0 Å². The molecule has 3 fully saturated rings. The van der Waals surface area contributed by atoms with Gasteiger partial charge in [0.1, 0.15) is 5.78 Å². The Hall–Kier alpha value is -1.15. The third-order valence-corrected chi connectivity index (χ3v) is 11.0. The van der Waals surface area contributed by atoms with Crippen molar-refractivity contribution in [2.24, 2.45) is 40.4 Å². The molecule has 2 heteroatoms. The maximum absolute atomic E-state index is 13.3. The van der Waals surface area contributed by atoms with Gasteiger partial charge in [0, 0.05) is 12.3 Å². The first-order valence-corrected chi connectivity index (χ1v) is 13.2. The van der Waals surface area contributed by atoms with Crippen molar-refractivity contribution < 1.29 is 9.90 Å². The summed E-state index contributed by atoms with van der Waals surface area (Å²) >= 11 is 0. The van der Waals surface area contributed by atoms with Crippen molar-refractivity contribution in [1.29, 1.82) is 0 Å². The van der Waals surface area contributed by atoms with Crippen molar-refractivity contribution in [3.8, 4) is 0 Å². The molecule has 0 amide bonds. The molecule has 4 unspecified atom stereocenters. The number of ketones is 1. The summed E-state index contributed by atoms with van der Waals surface area (Å²) in [5.74, 6) is 2.49. The van der Waals surface area contributed by atoms with Crippen molar-refractivity contribution in [3.63, 3.8) is 0 Å². The van der Waals surface area contributed by atoms with Gasteiger partial charge in [-0.1, -0.05) is 48.8 Å². The Morgan fingerprint density at radius 2 is 1.68 bits per heavy atom. The molecular formula is C29H40O2. The van der Waals surface area contributed by atoms with Gasteiger partial charge in [0.25, 0.3) is 0 Å². The summed E-state index contributed by atoms with van der Waals surface area (Å²) in [6.45, 7) is 4.92. The fourth-order valence-corrected chi connectivity index (χ4v) is 9.42. The SMILES string of the molecule is C[C@]12CC[C@H](C3=CCCC3)CC1=CC(O)C1C2CC[C@@]2(C)C1CC(=O)[C@@H]2C1=CCCC1. The fourth-order valence-electron chi connectivity index (χ4n) is 9.42. The van der Waals surface area contributed by atoms with Crippen LogP contribution in [0.15, 0.2) is 34.9 Å². The molecule has 0 aromatic heterocycles. The lowest BCUT2D eigenvalue weighted by Crippen LogP contribution is -2.54. The van der Waals surface area contributed by atoms with Crippen LogP contribution < -0.4 is 0 Å². The van der Waals surface area contributed by atoms with Gasteiger partial charge in [-0.25, -0.2) is 0 Å². The highest BCUT2D eigenvalue weighted by Gasteiger charge is 2.63.